The Morgan fingerprint density at radius 3 is 2.69 bits per heavy atom. The lowest BCUT2D eigenvalue weighted by atomic mass is 9.88. The minimum atomic E-state index is -3.75. The van der Waals surface area contributed by atoms with Gasteiger partial charge < -0.3 is 9.47 Å². The number of nitrogens with one attached hydrogen (secondary N) is 1. The molecule has 0 bridgehead atoms. The van der Waals surface area contributed by atoms with Gasteiger partial charge >= 0.3 is 0 Å². The van der Waals surface area contributed by atoms with Crippen molar-refractivity contribution in [3.8, 4) is 5.75 Å². The topological polar surface area (TPSA) is 77.5 Å². The van der Waals surface area contributed by atoms with E-state index >= 15 is 0 Å². The second-order valence-corrected chi connectivity index (χ2v) is 7.90. The van der Waals surface area contributed by atoms with E-state index in [0.717, 1.165) is 18.4 Å². The van der Waals surface area contributed by atoms with E-state index in [1.54, 1.807) is 36.7 Å². The predicted octanol–water partition coefficient (Wildman–Crippen LogP) is 2.93. The summed E-state index contributed by atoms with van der Waals surface area (Å²) in [5.74, 6) is 0.515. The van der Waals surface area contributed by atoms with Gasteiger partial charge in [0.2, 0.25) is 10.0 Å². The van der Waals surface area contributed by atoms with Crippen LogP contribution in [0.4, 0.5) is 0 Å². The third-order valence-electron chi connectivity index (χ3n) is 4.50. The van der Waals surface area contributed by atoms with Crippen molar-refractivity contribution < 1.29 is 17.9 Å². The van der Waals surface area contributed by atoms with Gasteiger partial charge in [0.25, 0.3) is 0 Å². The van der Waals surface area contributed by atoms with E-state index in [1.807, 2.05) is 19.1 Å². The molecule has 26 heavy (non-hydrogen) atoms. The minimum Gasteiger partial charge on any atom is -0.492 e. The molecule has 1 aromatic heterocycles. The lowest BCUT2D eigenvalue weighted by Crippen LogP contribution is -2.36. The van der Waals surface area contributed by atoms with Crippen LogP contribution >= 0.6 is 0 Å². The molecule has 6 nitrogen and oxygen atoms in total. The Balaban J connectivity index is 1.93. The standard InChI is InChI=1S/C19H24N2O4S/c1-2-25-17-7-3-4-8-18(17)26(22,23)21-19(15-9-12-24-13-10-15)16-6-5-11-20-14-16/h3-8,11,14-15,19,21H,2,9-10,12-13H2,1H3. The van der Waals surface area contributed by atoms with Crippen molar-refractivity contribution in [2.45, 2.75) is 30.7 Å². The van der Waals surface area contributed by atoms with E-state index in [1.165, 1.54) is 0 Å². The third kappa shape index (κ3) is 4.41. The maximum atomic E-state index is 13.1. The summed E-state index contributed by atoms with van der Waals surface area (Å²) < 4.78 is 40.1. The van der Waals surface area contributed by atoms with E-state index in [4.69, 9.17) is 9.47 Å². The summed E-state index contributed by atoms with van der Waals surface area (Å²) in [6.45, 7) is 3.51. The first-order valence-electron chi connectivity index (χ1n) is 8.83. The van der Waals surface area contributed by atoms with Gasteiger partial charge in [0, 0.05) is 25.6 Å². The highest BCUT2D eigenvalue weighted by atomic mass is 32.2. The van der Waals surface area contributed by atoms with Gasteiger partial charge in [-0.3, -0.25) is 4.98 Å². The summed E-state index contributed by atoms with van der Waals surface area (Å²) in [4.78, 5) is 4.31. The molecule has 2 heterocycles. The van der Waals surface area contributed by atoms with Crippen molar-refractivity contribution in [3.05, 3.63) is 54.4 Å². The van der Waals surface area contributed by atoms with Crippen molar-refractivity contribution in [2.75, 3.05) is 19.8 Å². The number of para-hydroxylation sites is 1. The molecule has 2 aromatic rings. The van der Waals surface area contributed by atoms with Crippen LogP contribution < -0.4 is 9.46 Å². The molecule has 140 valence electrons. The number of sulfonamides is 1. The largest absolute Gasteiger partial charge is 0.492 e. The van der Waals surface area contributed by atoms with Crippen LogP contribution in [0.25, 0.3) is 0 Å². The van der Waals surface area contributed by atoms with Crippen LogP contribution in [-0.4, -0.2) is 33.2 Å². The SMILES string of the molecule is CCOc1ccccc1S(=O)(=O)NC(c1cccnc1)C1CCOCC1. The molecular weight excluding hydrogens is 352 g/mol. The van der Waals surface area contributed by atoms with E-state index in [-0.39, 0.29) is 16.9 Å². The van der Waals surface area contributed by atoms with Gasteiger partial charge in [-0.15, -0.1) is 0 Å². The zero-order valence-electron chi connectivity index (χ0n) is 14.8. The Morgan fingerprint density at radius 1 is 1.23 bits per heavy atom. The number of hydrogen-bond acceptors (Lipinski definition) is 5. The van der Waals surface area contributed by atoms with Gasteiger partial charge in [0.1, 0.15) is 10.6 Å². The summed E-state index contributed by atoms with van der Waals surface area (Å²) in [5, 5.41) is 0. The number of rotatable bonds is 7. The molecule has 0 amide bonds. The third-order valence-corrected chi connectivity index (χ3v) is 5.98. The van der Waals surface area contributed by atoms with E-state index in [2.05, 4.69) is 9.71 Å². The van der Waals surface area contributed by atoms with Crippen molar-refractivity contribution >= 4 is 10.0 Å². The summed E-state index contributed by atoms with van der Waals surface area (Å²) in [6.07, 6.45) is 5.00. The van der Waals surface area contributed by atoms with Crippen molar-refractivity contribution in [1.29, 1.82) is 0 Å². The molecule has 1 fully saturated rings. The van der Waals surface area contributed by atoms with Gasteiger partial charge in [-0.1, -0.05) is 18.2 Å². The minimum absolute atomic E-state index is 0.155. The summed E-state index contributed by atoms with van der Waals surface area (Å²) >= 11 is 0. The Kier molecular flexibility index (Phi) is 6.24. The Labute approximate surface area is 154 Å². The van der Waals surface area contributed by atoms with Crippen molar-refractivity contribution in [2.24, 2.45) is 5.92 Å². The molecule has 1 aromatic carbocycles. The summed E-state index contributed by atoms with van der Waals surface area (Å²) in [5.41, 5.74) is 0.858. The lowest BCUT2D eigenvalue weighted by Gasteiger charge is -2.31. The molecule has 0 aliphatic carbocycles. The maximum absolute atomic E-state index is 13.1. The fraction of sp³-hybridized carbons (Fsp3) is 0.421. The summed E-state index contributed by atoms with van der Waals surface area (Å²) in [6, 6.07) is 10.1. The summed E-state index contributed by atoms with van der Waals surface area (Å²) in [7, 11) is -3.75. The molecule has 3 rings (SSSR count). The van der Waals surface area contributed by atoms with Crippen LogP contribution in [0.5, 0.6) is 5.75 Å². The molecule has 1 aliphatic heterocycles. The molecule has 1 N–H and O–H groups in total. The van der Waals surface area contributed by atoms with Crippen LogP contribution in [0.1, 0.15) is 31.4 Å². The highest BCUT2D eigenvalue weighted by molar-refractivity contribution is 7.89. The molecule has 1 unspecified atom stereocenters. The van der Waals surface area contributed by atoms with Crippen molar-refractivity contribution in [1.82, 2.24) is 9.71 Å². The Morgan fingerprint density at radius 2 is 2.00 bits per heavy atom. The molecule has 1 saturated heterocycles. The fourth-order valence-electron chi connectivity index (χ4n) is 3.22. The highest BCUT2D eigenvalue weighted by Crippen LogP contribution is 2.32. The lowest BCUT2D eigenvalue weighted by molar-refractivity contribution is 0.0564. The van der Waals surface area contributed by atoms with Gasteiger partial charge in [0.15, 0.2) is 0 Å². The first-order valence-corrected chi connectivity index (χ1v) is 10.3. The number of hydrogen-bond donors (Lipinski definition) is 1. The normalized spacial score (nSPS) is 17.0. The fourth-order valence-corrected chi connectivity index (χ4v) is 4.66. The average molecular weight is 376 g/mol. The zero-order valence-corrected chi connectivity index (χ0v) is 15.6. The van der Waals surface area contributed by atoms with Gasteiger partial charge in [-0.05, 0) is 49.4 Å². The Bertz CT molecular complexity index is 805. The van der Waals surface area contributed by atoms with E-state index < -0.39 is 10.0 Å². The maximum Gasteiger partial charge on any atom is 0.244 e. The Hall–Kier alpha value is -1.96. The average Bonchev–Trinajstić information content (AvgIpc) is 2.68. The van der Waals surface area contributed by atoms with E-state index in [9.17, 15) is 8.42 Å². The number of pyridine rings is 1. The van der Waals surface area contributed by atoms with Gasteiger partial charge in [0.05, 0.1) is 12.6 Å². The van der Waals surface area contributed by atoms with Gasteiger partial charge in [-0.25, -0.2) is 13.1 Å². The van der Waals surface area contributed by atoms with Crippen LogP contribution in [0.15, 0.2) is 53.7 Å². The van der Waals surface area contributed by atoms with Crippen LogP contribution in [0.3, 0.4) is 0 Å². The number of aromatic nitrogens is 1. The smallest absolute Gasteiger partial charge is 0.244 e. The molecule has 0 spiro atoms. The van der Waals surface area contributed by atoms with Gasteiger partial charge in [-0.2, -0.15) is 0 Å². The van der Waals surface area contributed by atoms with E-state index in [0.29, 0.717) is 25.6 Å². The second kappa shape index (κ2) is 8.62. The second-order valence-electron chi connectivity index (χ2n) is 6.21. The number of ether oxygens (including phenoxy) is 2. The predicted molar refractivity (Wildman–Crippen MR) is 98.5 cm³/mol. The molecule has 0 radical (unpaired) electrons. The molecule has 7 heteroatoms. The monoisotopic (exact) mass is 376 g/mol. The van der Waals surface area contributed by atoms with Crippen molar-refractivity contribution in [3.63, 3.8) is 0 Å². The molecule has 1 aliphatic rings. The zero-order chi connectivity index (χ0) is 18.4. The van der Waals surface area contributed by atoms with Crippen LogP contribution in [0.2, 0.25) is 0 Å². The first-order chi connectivity index (χ1) is 12.6. The quantitative estimate of drug-likeness (QED) is 0.804. The molecule has 1 atom stereocenters. The number of nitrogens with zero attached hydrogens (tertiary/aromatic N) is 1. The molecular formula is C19H24N2O4S. The number of benzene rings is 1. The van der Waals surface area contributed by atoms with Crippen LogP contribution in [0, 0.1) is 5.92 Å². The molecule has 0 saturated carbocycles. The highest BCUT2D eigenvalue weighted by Gasteiger charge is 2.31. The van der Waals surface area contributed by atoms with Crippen LogP contribution in [-0.2, 0) is 14.8 Å². The first kappa shape index (κ1) is 18.8.